The third-order valence-electron chi connectivity index (χ3n) is 7.35. The molecule has 1 saturated heterocycles. The summed E-state index contributed by atoms with van der Waals surface area (Å²) in [7, 11) is 1.62. The van der Waals surface area contributed by atoms with Crippen LogP contribution in [0.25, 0.3) is 21.9 Å². The molecule has 4 aromatic rings. The van der Waals surface area contributed by atoms with E-state index >= 15 is 0 Å². The highest BCUT2D eigenvalue weighted by Crippen LogP contribution is 2.29. The number of piperidine rings is 1. The summed E-state index contributed by atoms with van der Waals surface area (Å²) in [6.07, 6.45) is 1.85. The Hall–Kier alpha value is -4.41. The number of fused-ring (bicyclic) bond motifs is 2. The van der Waals surface area contributed by atoms with Crippen LogP contribution < -0.4 is 21.9 Å². The minimum atomic E-state index is -0.864. The fourth-order valence-electron chi connectivity index (χ4n) is 5.27. The first-order valence-corrected chi connectivity index (χ1v) is 13.1. The predicted octanol–water partition coefficient (Wildman–Crippen LogP) is 2.25. The Morgan fingerprint density at radius 3 is 2.67 bits per heavy atom. The van der Waals surface area contributed by atoms with Crippen LogP contribution in [0.4, 0.5) is 5.95 Å². The molecule has 200 valence electrons. The number of imidazole rings is 1. The van der Waals surface area contributed by atoms with Gasteiger partial charge in [0.2, 0.25) is 5.95 Å². The monoisotopic (exact) mass is 524 g/mol. The second kappa shape index (κ2) is 10.0. The minimum Gasteiger partial charge on any atom is -0.341 e. The van der Waals surface area contributed by atoms with Crippen molar-refractivity contribution in [1.29, 1.82) is 5.26 Å². The van der Waals surface area contributed by atoms with Gasteiger partial charge in [-0.25, -0.2) is 4.79 Å². The molecule has 1 fully saturated rings. The highest BCUT2D eigenvalue weighted by atomic mass is 16.2. The first kappa shape index (κ1) is 26.2. The third-order valence-corrected chi connectivity index (χ3v) is 7.35. The van der Waals surface area contributed by atoms with Gasteiger partial charge in [0.25, 0.3) is 5.56 Å². The highest BCUT2D eigenvalue weighted by Gasteiger charge is 2.28. The van der Waals surface area contributed by atoms with Gasteiger partial charge in [-0.1, -0.05) is 30.2 Å². The van der Waals surface area contributed by atoms with Crippen molar-refractivity contribution in [2.75, 3.05) is 18.0 Å². The zero-order chi connectivity index (χ0) is 27.9. The summed E-state index contributed by atoms with van der Waals surface area (Å²) < 4.78 is 4.38. The average Bonchev–Trinajstić information content (AvgIpc) is 3.32. The number of hydrogen-bond acceptors (Lipinski definition) is 7. The zero-order valence-electron chi connectivity index (χ0n) is 22.7. The van der Waals surface area contributed by atoms with Crippen molar-refractivity contribution in [3.8, 4) is 17.9 Å². The fraction of sp³-hybridized carbons (Fsp3) is 0.414. The summed E-state index contributed by atoms with van der Waals surface area (Å²) in [6.45, 7) is 6.95. The molecule has 1 unspecified atom stereocenters. The fourth-order valence-corrected chi connectivity index (χ4v) is 5.27. The van der Waals surface area contributed by atoms with Crippen LogP contribution >= 0.6 is 0 Å². The Kier molecular flexibility index (Phi) is 6.75. The van der Waals surface area contributed by atoms with Crippen LogP contribution in [-0.4, -0.2) is 42.8 Å². The number of pyridine rings is 1. The van der Waals surface area contributed by atoms with E-state index in [1.165, 1.54) is 9.13 Å². The highest BCUT2D eigenvalue weighted by molar-refractivity contribution is 5.86. The Morgan fingerprint density at radius 2 is 1.95 bits per heavy atom. The van der Waals surface area contributed by atoms with Crippen LogP contribution in [0.3, 0.4) is 0 Å². The molecule has 5 rings (SSSR count). The van der Waals surface area contributed by atoms with Crippen molar-refractivity contribution in [2.24, 2.45) is 12.8 Å². The number of nitrogens with zero attached hydrogens (tertiary/aromatic N) is 7. The topological polar surface area (TPSA) is 128 Å². The van der Waals surface area contributed by atoms with Crippen LogP contribution in [0.15, 0.2) is 39.9 Å². The minimum absolute atomic E-state index is 0.00980. The number of anilines is 1. The maximum Gasteiger partial charge on any atom is 0.332 e. The van der Waals surface area contributed by atoms with Crippen LogP contribution in [0, 0.1) is 23.2 Å². The van der Waals surface area contributed by atoms with E-state index < -0.39 is 16.7 Å². The first-order chi connectivity index (χ1) is 18.7. The molecule has 1 atom stereocenters. The largest absolute Gasteiger partial charge is 0.341 e. The third kappa shape index (κ3) is 4.58. The van der Waals surface area contributed by atoms with E-state index in [1.807, 2.05) is 44.2 Å². The van der Waals surface area contributed by atoms with E-state index in [9.17, 15) is 14.9 Å². The van der Waals surface area contributed by atoms with Gasteiger partial charge in [0, 0.05) is 31.6 Å². The second-order valence-corrected chi connectivity index (χ2v) is 10.6. The summed E-state index contributed by atoms with van der Waals surface area (Å²) in [5, 5.41) is 11.6. The van der Waals surface area contributed by atoms with E-state index in [0.717, 1.165) is 30.2 Å². The Morgan fingerprint density at radius 1 is 1.18 bits per heavy atom. The number of hydrogen-bond donors (Lipinski definition) is 1. The first-order valence-electron chi connectivity index (χ1n) is 13.1. The van der Waals surface area contributed by atoms with E-state index in [2.05, 4.69) is 22.8 Å². The van der Waals surface area contributed by atoms with Crippen molar-refractivity contribution in [3.05, 3.63) is 62.6 Å². The second-order valence-electron chi connectivity index (χ2n) is 10.6. The maximum atomic E-state index is 14.0. The molecule has 0 spiro atoms. The summed E-state index contributed by atoms with van der Waals surface area (Å²) >= 11 is 0. The van der Waals surface area contributed by atoms with Gasteiger partial charge in [0.15, 0.2) is 11.2 Å². The lowest BCUT2D eigenvalue weighted by molar-refractivity contribution is 0.496. The molecule has 10 nitrogen and oxygen atoms in total. The van der Waals surface area contributed by atoms with Gasteiger partial charge in [-0.15, -0.1) is 5.92 Å². The molecule has 10 heteroatoms. The van der Waals surface area contributed by atoms with Gasteiger partial charge in [-0.2, -0.15) is 10.2 Å². The lowest BCUT2D eigenvalue weighted by Crippen LogP contribution is -2.44. The molecule has 0 amide bonds. The van der Waals surface area contributed by atoms with E-state index in [-0.39, 0.29) is 19.1 Å². The summed E-state index contributed by atoms with van der Waals surface area (Å²) in [6, 6.07) is 11.9. The number of nitrogens with two attached hydrogens (primary N) is 1. The molecule has 0 bridgehead atoms. The number of rotatable bonds is 5. The van der Waals surface area contributed by atoms with Gasteiger partial charge in [0.1, 0.15) is 0 Å². The molecule has 1 aliphatic heterocycles. The number of nitriles is 1. The van der Waals surface area contributed by atoms with Crippen LogP contribution in [-0.2, 0) is 25.6 Å². The molecular weight excluding hydrogens is 492 g/mol. The lowest BCUT2D eigenvalue weighted by atomic mass is 9.87. The number of benzene rings is 1. The molecule has 39 heavy (non-hydrogen) atoms. The molecule has 1 aliphatic rings. The van der Waals surface area contributed by atoms with Crippen molar-refractivity contribution in [2.45, 2.75) is 58.2 Å². The smallest absolute Gasteiger partial charge is 0.332 e. The number of aryl methyl sites for hydroxylation is 1. The molecular formula is C29H32N8O2. The van der Waals surface area contributed by atoms with Gasteiger partial charge in [-0.3, -0.25) is 23.5 Å². The van der Waals surface area contributed by atoms with Gasteiger partial charge in [-0.05, 0) is 45.1 Å². The average molecular weight is 525 g/mol. The van der Waals surface area contributed by atoms with Crippen molar-refractivity contribution < 1.29 is 0 Å². The van der Waals surface area contributed by atoms with E-state index in [4.69, 9.17) is 15.7 Å². The zero-order valence-corrected chi connectivity index (χ0v) is 22.7. The maximum absolute atomic E-state index is 14.0. The Labute approximate surface area is 226 Å². The van der Waals surface area contributed by atoms with Crippen LogP contribution in [0.5, 0.6) is 0 Å². The summed E-state index contributed by atoms with van der Waals surface area (Å²) in [5.41, 5.74) is 6.18. The molecule has 0 saturated carbocycles. The molecule has 3 aromatic heterocycles. The molecule has 2 N–H and O–H groups in total. The van der Waals surface area contributed by atoms with Crippen molar-refractivity contribution >= 4 is 27.9 Å². The van der Waals surface area contributed by atoms with E-state index in [1.54, 1.807) is 18.5 Å². The normalized spacial score (nSPS) is 15.8. The standard InChI is InChI=1S/C29H32N8O2/c1-5-6-14-36-23-25(33-27(36)35-13-9-11-20(31)16-35)34(4)28(39)37(26(23)38)17-21-15-19-10-7-8-12-22(19)24(32-21)29(2,3)18-30/h7-8,10,12,15,20H,9,11,13-14,16-17,31H2,1-4H3. The quantitative estimate of drug-likeness (QED) is 0.397. The lowest BCUT2D eigenvalue weighted by Gasteiger charge is -2.31. The van der Waals surface area contributed by atoms with Crippen molar-refractivity contribution in [1.82, 2.24) is 23.7 Å². The molecule has 1 aromatic carbocycles. The molecule has 4 heterocycles. The Bertz CT molecular complexity index is 1810. The number of aromatic nitrogens is 5. The predicted molar refractivity (Wildman–Crippen MR) is 152 cm³/mol. The van der Waals surface area contributed by atoms with Crippen LogP contribution in [0.2, 0.25) is 0 Å². The SMILES string of the molecule is CC#CCn1c(N2CCCC(N)C2)nc2c1c(=O)n(Cc1cc3ccccc3c(C(C)(C)C#N)n1)c(=O)n2C. The summed E-state index contributed by atoms with van der Waals surface area (Å²) in [4.78, 5) is 39.1. The van der Waals surface area contributed by atoms with Crippen LogP contribution in [0.1, 0.15) is 45.0 Å². The van der Waals surface area contributed by atoms with Gasteiger partial charge < -0.3 is 10.6 Å². The summed E-state index contributed by atoms with van der Waals surface area (Å²) in [5.74, 6) is 6.54. The Balaban J connectivity index is 1.71. The van der Waals surface area contributed by atoms with Gasteiger partial charge in [0.05, 0.1) is 36.0 Å². The molecule has 0 aliphatic carbocycles. The van der Waals surface area contributed by atoms with Crippen molar-refractivity contribution in [3.63, 3.8) is 0 Å². The van der Waals surface area contributed by atoms with E-state index in [0.29, 0.717) is 35.0 Å². The molecule has 0 radical (unpaired) electrons. The van der Waals surface area contributed by atoms with Gasteiger partial charge >= 0.3 is 5.69 Å².